The van der Waals surface area contributed by atoms with Gasteiger partial charge in [-0.1, -0.05) is 46.3 Å². The molecule has 4 bridgehead atoms. The zero-order chi connectivity index (χ0) is 21.4. The molecule has 4 aliphatic rings. The Hall–Kier alpha value is -0.713. The first kappa shape index (κ1) is 23.0. The van der Waals surface area contributed by atoms with Crippen LogP contribution in [0, 0.1) is 11.3 Å². The van der Waals surface area contributed by atoms with Crippen LogP contribution >= 0.6 is 0 Å². The van der Waals surface area contributed by atoms with Gasteiger partial charge in [0, 0.05) is 11.0 Å². The van der Waals surface area contributed by atoms with Gasteiger partial charge in [0.05, 0.1) is 17.8 Å². The average molecular weight is 419 g/mol. The fourth-order valence-electron chi connectivity index (χ4n) is 5.59. The minimum Gasteiger partial charge on any atom is -0.408 e. The summed E-state index contributed by atoms with van der Waals surface area (Å²) in [5.74, 6) is 0.642. The summed E-state index contributed by atoms with van der Waals surface area (Å²) in [7, 11) is -1.82. The second-order valence-electron chi connectivity index (χ2n) is 10.3. The van der Waals surface area contributed by atoms with Crippen LogP contribution in [0.1, 0.15) is 80.6 Å². The molecule has 29 heavy (non-hydrogen) atoms. The van der Waals surface area contributed by atoms with Crippen LogP contribution in [-0.4, -0.2) is 31.9 Å². The van der Waals surface area contributed by atoms with Crippen LogP contribution < -0.4 is 0 Å². The fourth-order valence-corrected chi connectivity index (χ4v) is 8.44. The molecule has 5 atom stereocenters. The largest absolute Gasteiger partial charge is 0.408 e. The molecule has 0 aromatic rings. The number of carbonyl (C=O) groups excluding carboxylic acids is 1. The predicted octanol–water partition coefficient (Wildman–Crippen LogP) is 6.60. The second-order valence-corrected chi connectivity index (χ2v) is 15.0. The third kappa shape index (κ3) is 4.09. The molecule has 0 amide bonds. The van der Waals surface area contributed by atoms with Crippen molar-refractivity contribution in [2.75, 3.05) is 0 Å². The Morgan fingerprint density at radius 2 is 1.83 bits per heavy atom. The summed E-state index contributed by atoms with van der Waals surface area (Å²) in [6.07, 6.45) is 9.23. The van der Waals surface area contributed by atoms with Gasteiger partial charge in [-0.05, 0) is 76.1 Å². The first-order valence-electron chi connectivity index (χ1n) is 11.9. The number of carbonyl (C=O) groups is 1. The zero-order valence-electron chi connectivity index (χ0n) is 19.8. The first-order valence-corrected chi connectivity index (χ1v) is 14.4. The maximum atomic E-state index is 13.7. The number of rotatable bonds is 5. The van der Waals surface area contributed by atoms with E-state index in [1.807, 2.05) is 0 Å². The molecule has 0 unspecified atom stereocenters. The molecule has 0 radical (unpaired) electrons. The molecule has 4 rings (SSSR count). The van der Waals surface area contributed by atoms with Gasteiger partial charge in [0.1, 0.15) is 0 Å². The van der Waals surface area contributed by atoms with E-state index >= 15 is 0 Å². The van der Waals surface area contributed by atoms with Gasteiger partial charge < -0.3 is 9.16 Å². The van der Waals surface area contributed by atoms with E-state index in [0.717, 1.165) is 55.8 Å². The lowest BCUT2D eigenvalue weighted by Crippen LogP contribution is -2.57. The molecule has 3 nitrogen and oxygen atoms in total. The highest BCUT2D eigenvalue weighted by Gasteiger charge is 2.53. The van der Waals surface area contributed by atoms with Crippen molar-refractivity contribution in [1.29, 1.82) is 0 Å². The highest BCUT2D eigenvalue weighted by molar-refractivity contribution is 6.73. The van der Waals surface area contributed by atoms with Crippen molar-refractivity contribution in [2.24, 2.45) is 11.3 Å². The summed E-state index contributed by atoms with van der Waals surface area (Å²) in [4.78, 5) is 13.7. The summed E-state index contributed by atoms with van der Waals surface area (Å²) in [5, 5.41) is 0. The molecule has 2 heterocycles. The molecular weight excluding hydrogens is 376 g/mol. The van der Waals surface area contributed by atoms with Gasteiger partial charge >= 0.3 is 0 Å². The third-order valence-corrected chi connectivity index (χ3v) is 13.2. The highest BCUT2D eigenvalue weighted by atomic mass is 28.4. The molecule has 0 saturated heterocycles. The van der Waals surface area contributed by atoms with E-state index in [1.54, 1.807) is 0 Å². The van der Waals surface area contributed by atoms with Gasteiger partial charge in [-0.2, -0.15) is 0 Å². The normalized spacial score (nSPS) is 40.1. The van der Waals surface area contributed by atoms with Crippen molar-refractivity contribution in [2.45, 2.75) is 117 Å². The van der Waals surface area contributed by atoms with Crippen molar-refractivity contribution in [3.8, 4) is 0 Å². The first-order chi connectivity index (χ1) is 13.6. The average Bonchev–Trinajstić information content (AvgIpc) is 2.69. The van der Waals surface area contributed by atoms with Crippen molar-refractivity contribution in [3.05, 3.63) is 23.3 Å². The molecule has 0 spiro atoms. The van der Waals surface area contributed by atoms with E-state index in [0.29, 0.717) is 11.7 Å². The summed E-state index contributed by atoms with van der Waals surface area (Å²) in [5.41, 5.74) is 1.64. The van der Waals surface area contributed by atoms with Crippen molar-refractivity contribution >= 4 is 14.1 Å². The third-order valence-electron chi connectivity index (χ3n) is 8.61. The molecule has 1 fully saturated rings. The van der Waals surface area contributed by atoms with Crippen LogP contribution in [0.3, 0.4) is 0 Å². The van der Waals surface area contributed by atoms with Gasteiger partial charge in [0.15, 0.2) is 14.1 Å². The molecule has 2 aliphatic heterocycles. The van der Waals surface area contributed by atoms with E-state index in [4.69, 9.17) is 9.16 Å². The van der Waals surface area contributed by atoms with Gasteiger partial charge in [-0.3, -0.25) is 4.79 Å². The van der Waals surface area contributed by atoms with Crippen molar-refractivity contribution < 1.29 is 14.0 Å². The van der Waals surface area contributed by atoms with Gasteiger partial charge in [-0.25, -0.2) is 0 Å². The second kappa shape index (κ2) is 8.43. The summed E-state index contributed by atoms with van der Waals surface area (Å²) < 4.78 is 13.8. The van der Waals surface area contributed by atoms with Crippen LogP contribution in [0.4, 0.5) is 0 Å². The molecule has 4 heteroatoms. The van der Waals surface area contributed by atoms with Gasteiger partial charge in [0.2, 0.25) is 0 Å². The topological polar surface area (TPSA) is 35.5 Å². The van der Waals surface area contributed by atoms with Crippen LogP contribution in [-0.2, 0) is 14.0 Å². The number of Topliss-reactive ketones (excluding diaryl/α,β-unsaturated/α-hetero) is 1. The molecule has 0 aromatic heterocycles. The Kier molecular flexibility index (Phi) is 6.68. The fraction of sp³-hybridized carbons (Fsp3) is 0.800. The van der Waals surface area contributed by atoms with E-state index in [1.165, 1.54) is 5.57 Å². The quantitative estimate of drug-likeness (QED) is 0.373. The number of ether oxygens (including phenoxy) is 1. The monoisotopic (exact) mass is 418 g/mol. The molecule has 1 saturated carbocycles. The van der Waals surface area contributed by atoms with Gasteiger partial charge in [-0.15, -0.1) is 0 Å². The van der Waals surface area contributed by atoms with E-state index in [2.05, 4.69) is 60.6 Å². The van der Waals surface area contributed by atoms with E-state index in [9.17, 15) is 4.79 Å². The molecular formula is C25H42O3Si. The smallest absolute Gasteiger partial charge is 0.193 e. The van der Waals surface area contributed by atoms with Crippen molar-refractivity contribution in [3.63, 3.8) is 0 Å². The van der Waals surface area contributed by atoms with E-state index in [-0.39, 0.29) is 23.2 Å². The maximum absolute atomic E-state index is 13.7. The Morgan fingerprint density at radius 1 is 1.17 bits per heavy atom. The minimum absolute atomic E-state index is 0.0686. The van der Waals surface area contributed by atoms with Crippen LogP contribution in [0.15, 0.2) is 23.3 Å². The highest BCUT2D eigenvalue weighted by Crippen LogP contribution is 2.50. The lowest BCUT2D eigenvalue weighted by Gasteiger charge is -2.51. The number of allylic oxidation sites excluding steroid dienone is 2. The zero-order valence-corrected chi connectivity index (χ0v) is 20.8. The number of hydrogen-bond donors (Lipinski definition) is 0. The standard InChI is InChI=1S/C25H42O3Si/c1-8-29(9-2,10-3)28-22-17-20-21-16-19(5)24(6,23(20)26)15-13-18(4)12-11-14-25(22,7)27-21/h12,17,19,21-22H,8-11,13-16H2,1-7H3/b18-12-/t19-,21-,22-,24+,25+/m1/s1. The molecule has 0 N–H and O–H groups in total. The molecule has 164 valence electrons. The summed E-state index contributed by atoms with van der Waals surface area (Å²) in [6, 6.07) is 3.34. The Bertz CT molecular complexity index is 684. The molecule has 2 aliphatic carbocycles. The maximum Gasteiger partial charge on any atom is 0.193 e. The number of hydrogen-bond acceptors (Lipinski definition) is 3. The number of fused-ring (bicyclic) bond motifs is 6. The summed E-state index contributed by atoms with van der Waals surface area (Å²) >= 11 is 0. The van der Waals surface area contributed by atoms with Crippen LogP contribution in [0.2, 0.25) is 18.1 Å². The Balaban J connectivity index is 2.08. The van der Waals surface area contributed by atoms with Crippen molar-refractivity contribution in [1.82, 2.24) is 0 Å². The van der Waals surface area contributed by atoms with Gasteiger partial charge in [0.25, 0.3) is 0 Å². The molecule has 0 aromatic carbocycles. The lowest BCUT2D eigenvalue weighted by atomic mass is 9.61. The number of ketones is 1. The SMILES string of the molecule is CC[Si](CC)(CC)O[C@@H]1C=C2C(=O)[C@@]3(C)CC/C(C)=C\CC[C@]1(C)O[C@@H]2C[C@H]3C. The van der Waals surface area contributed by atoms with E-state index < -0.39 is 8.32 Å². The Labute approximate surface area is 179 Å². The Morgan fingerprint density at radius 3 is 2.45 bits per heavy atom. The van der Waals surface area contributed by atoms with Crippen LogP contribution in [0.5, 0.6) is 0 Å². The minimum atomic E-state index is -1.82. The lowest BCUT2D eigenvalue weighted by molar-refractivity contribution is -0.160. The summed E-state index contributed by atoms with van der Waals surface area (Å²) in [6.45, 7) is 15.7. The van der Waals surface area contributed by atoms with Crippen LogP contribution in [0.25, 0.3) is 0 Å². The predicted molar refractivity (Wildman–Crippen MR) is 123 cm³/mol.